The van der Waals surface area contributed by atoms with Crippen molar-refractivity contribution in [2.75, 3.05) is 13.1 Å². The molecule has 0 atom stereocenters. The van der Waals surface area contributed by atoms with Gasteiger partial charge in [0.05, 0.1) is 22.5 Å². The first-order valence-corrected chi connectivity index (χ1v) is 8.87. The van der Waals surface area contributed by atoms with Gasteiger partial charge in [-0.25, -0.2) is 4.98 Å². The Morgan fingerprint density at radius 1 is 1.08 bits per heavy atom. The van der Waals surface area contributed by atoms with Crippen LogP contribution in [-0.4, -0.2) is 28.3 Å². The fourth-order valence-electron chi connectivity index (χ4n) is 3.25. The maximum Gasteiger partial charge on any atom is 0.195 e. The van der Waals surface area contributed by atoms with E-state index in [9.17, 15) is 0 Å². The van der Waals surface area contributed by atoms with Gasteiger partial charge in [0.25, 0.3) is 0 Å². The van der Waals surface area contributed by atoms with Gasteiger partial charge in [-0.1, -0.05) is 47.7 Å². The van der Waals surface area contributed by atoms with Crippen LogP contribution < -0.4 is 5.32 Å². The van der Waals surface area contributed by atoms with E-state index in [0.29, 0.717) is 0 Å². The van der Waals surface area contributed by atoms with Crippen LogP contribution in [0.4, 0.5) is 0 Å². The van der Waals surface area contributed by atoms with E-state index in [1.54, 1.807) is 11.3 Å². The Bertz CT molecular complexity index is 1090. The molecular formula is C19H16N4S. The van der Waals surface area contributed by atoms with Crippen LogP contribution in [0, 0.1) is 6.92 Å². The fourth-order valence-corrected chi connectivity index (χ4v) is 4.33. The van der Waals surface area contributed by atoms with Gasteiger partial charge in [-0.3, -0.25) is 9.39 Å². The second-order valence-electron chi connectivity index (χ2n) is 6.04. The summed E-state index contributed by atoms with van der Waals surface area (Å²) >= 11 is 1.74. The number of amidine groups is 1. The van der Waals surface area contributed by atoms with Crippen molar-refractivity contribution in [3.8, 4) is 11.3 Å². The number of para-hydroxylation sites is 1. The number of imidazole rings is 1. The van der Waals surface area contributed by atoms with Crippen LogP contribution in [0.1, 0.15) is 11.1 Å². The molecule has 0 radical (unpaired) electrons. The van der Waals surface area contributed by atoms with Crippen LogP contribution in [0.3, 0.4) is 0 Å². The molecule has 1 aliphatic heterocycles. The lowest BCUT2D eigenvalue weighted by atomic mass is 10.1. The fraction of sp³-hybridized carbons (Fsp3) is 0.158. The standard InChI is InChI=1S/C19H16N4S/c1-12-3-2-4-16-17(12)23-11-15(22-19(23)24-16)13-5-7-14(8-6-13)18-20-9-10-21-18/h2-8,11H,9-10H2,1H3,(H,20,21). The normalized spacial score (nSPS) is 14.3. The van der Waals surface area contributed by atoms with Crippen LogP contribution in [0.15, 0.2) is 53.7 Å². The van der Waals surface area contributed by atoms with Gasteiger partial charge in [0.1, 0.15) is 5.84 Å². The van der Waals surface area contributed by atoms with Gasteiger partial charge in [-0.15, -0.1) is 0 Å². The molecule has 24 heavy (non-hydrogen) atoms. The summed E-state index contributed by atoms with van der Waals surface area (Å²) in [6, 6.07) is 14.9. The maximum atomic E-state index is 4.82. The van der Waals surface area contributed by atoms with E-state index in [0.717, 1.165) is 40.7 Å². The molecular weight excluding hydrogens is 316 g/mol. The zero-order chi connectivity index (χ0) is 16.1. The monoisotopic (exact) mass is 332 g/mol. The number of aryl methyl sites for hydroxylation is 1. The van der Waals surface area contributed by atoms with E-state index in [2.05, 4.69) is 70.3 Å². The number of aromatic nitrogens is 2. The summed E-state index contributed by atoms with van der Waals surface area (Å²) in [5, 5.41) is 3.31. The first-order chi connectivity index (χ1) is 11.8. The first kappa shape index (κ1) is 13.7. The number of fused-ring (bicyclic) bond motifs is 3. The van der Waals surface area contributed by atoms with E-state index in [1.807, 2.05) is 0 Å². The van der Waals surface area contributed by atoms with Crippen molar-refractivity contribution >= 4 is 32.3 Å². The molecule has 4 nitrogen and oxygen atoms in total. The number of hydrogen-bond acceptors (Lipinski definition) is 4. The Morgan fingerprint density at radius 2 is 1.92 bits per heavy atom. The van der Waals surface area contributed by atoms with E-state index >= 15 is 0 Å². The number of nitrogens with zero attached hydrogens (tertiary/aromatic N) is 3. The summed E-state index contributed by atoms with van der Waals surface area (Å²) in [6.45, 7) is 3.94. The molecule has 3 heterocycles. The summed E-state index contributed by atoms with van der Waals surface area (Å²) in [7, 11) is 0. The minimum atomic E-state index is 0.862. The molecule has 1 N–H and O–H groups in total. The first-order valence-electron chi connectivity index (χ1n) is 8.06. The lowest BCUT2D eigenvalue weighted by molar-refractivity contribution is 0.960. The van der Waals surface area contributed by atoms with Crippen LogP contribution in [0.2, 0.25) is 0 Å². The van der Waals surface area contributed by atoms with Gasteiger partial charge in [-0.2, -0.15) is 0 Å². The van der Waals surface area contributed by atoms with Gasteiger partial charge < -0.3 is 5.32 Å². The second-order valence-corrected chi connectivity index (χ2v) is 7.05. The number of rotatable bonds is 2. The zero-order valence-electron chi connectivity index (χ0n) is 13.3. The van der Waals surface area contributed by atoms with Gasteiger partial charge in [0.2, 0.25) is 0 Å². The largest absolute Gasteiger partial charge is 0.368 e. The van der Waals surface area contributed by atoms with Gasteiger partial charge in [-0.05, 0) is 18.6 Å². The van der Waals surface area contributed by atoms with Crippen molar-refractivity contribution in [1.82, 2.24) is 14.7 Å². The number of benzene rings is 2. The van der Waals surface area contributed by atoms with Crippen molar-refractivity contribution in [3.63, 3.8) is 0 Å². The molecule has 5 rings (SSSR count). The minimum Gasteiger partial charge on any atom is -0.368 e. The highest BCUT2D eigenvalue weighted by Gasteiger charge is 2.12. The van der Waals surface area contributed by atoms with E-state index < -0.39 is 0 Å². The Hall–Kier alpha value is -2.66. The van der Waals surface area contributed by atoms with Crippen LogP contribution >= 0.6 is 11.3 Å². The van der Waals surface area contributed by atoms with Gasteiger partial charge in [0.15, 0.2) is 4.96 Å². The van der Waals surface area contributed by atoms with E-state index in [-0.39, 0.29) is 0 Å². The molecule has 0 saturated carbocycles. The molecule has 4 aromatic rings. The number of thiazole rings is 1. The van der Waals surface area contributed by atoms with Crippen LogP contribution in [0.5, 0.6) is 0 Å². The molecule has 118 valence electrons. The lowest BCUT2D eigenvalue weighted by Crippen LogP contribution is -2.19. The van der Waals surface area contributed by atoms with Crippen molar-refractivity contribution in [2.24, 2.45) is 4.99 Å². The molecule has 0 amide bonds. The zero-order valence-corrected chi connectivity index (χ0v) is 14.1. The third-order valence-corrected chi connectivity index (χ3v) is 5.46. The second kappa shape index (κ2) is 5.18. The number of nitrogens with one attached hydrogen (secondary N) is 1. The Kier molecular flexibility index (Phi) is 2.97. The molecule has 2 aromatic carbocycles. The number of aliphatic imine (C=N–C) groups is 1. The number of hydrogen-bond donors (Lipinski definition) is 1. The van der Waals surface area contributed by atoms with Gasteiger partial charge >= 0.3 is 0 Å². The molecule has 0 bridgehead atoms. The molecule has 0 saturated heterocycles. The predicted octanol–water partition coefficient (Wildman–Crippen LogP) is 3.87. The topological polar surface area (TPSA) is 41.7 Å². The van der Waals surface area contributed by atoms with Crippen LogP contribution in [-0.2, 0) is 0 Å². The van der Waals surface area contributed by atoms with E-state index in [1.165, 1.54) is 15.8 Å². The molecule has 1 aliphatic rings. The highest BCUT2D eigenvalue weighted by atomic mass is 32.1. The average molecular weight is 332 g/mol. The Morgan fingerprint density at radius 3 is 2.71 bits per heavy atom. The molecule has 0 spiro atoms. The quantitative estimate of drug-likeness (QED) is 0.605. The van der Waals surface area contributed by atoms with Crippen molar-refractivity contribution in [2.45, 2.75) is 6.92 Å². The minimum absolute atomic E-state index is 0.862. The van der Waals surface area contributed by atoms with Crippen molar-refractivity contribution < 1.29 is 0 Å². The molecule has 0 fully saturated rings. The average Bonchev–Trinajstić information content (AvgIpc) is 3.31. The van der Waals surface area contributed by atoms with Gasteiger partial charge in [0, 0.05) is 23.9 Å². The summed E-state index contributed by atoms with van der Waals surface area (Å²) in [5.74, 6) is 0.994. The molecule has 0 aliphatic carbocycles. The van der Waals surface area contributed by atoms with E-state index in [4.69, 9.17) is 4.98 Å². The maximum absolute atomic E-state index is 4.82. The summed E-state index contributed by atoms with van der Waals surface area (Å²) in [5.41, 5.74) is 5.83. The Balaban J connectivity index is 1.59. The smallest absolute Gasteiger partial charge is 0.195 e. The third kappa shape index (κ3) is 2.05. The SMILES string of the molecule is Cc1cccc2sc3nc(-c4ccc(C5=NCCN5)cc4)cn3c12. The third-order valence-electron chi connectivity index (χ3n) is 4.44. The molecule has 2 aromatic heterocycles. The van der Waals surface area contributed by atoms with Crippen LogP contribution in [0.25, 0.3) is 26.4 Å². The summed E-state index contributed by atoms with van der Waals surface area (Å²) < 4.78 is 3.49. The Labute approximate surface area is 143 Å². The van der Waals surface area contributed by atoms with Crippen molar-refractivity contribution in [1.29, 1.82) is 0 Å². The van der Waals surface area contributed by atoms with Crippen molar-refractivity contribution in [3.05, 3.63) is 59.8 Å². The highest BCUT2D eigenvalue weighted by molar-refractivity contribution is 7.23. The summed E-state index contributed by atoms with van der Waals surface area (Å²) in [6.07, 6.45) is 2.14. The molecule has 5 heteroatoms. The molecule has 0 unspecified atom stereocenters. The summed E-state index contributed by atoms with van der Waals surface area (Å²) in [4.78, 5) is 10.3. The highest BCUT2D eigenvalue weighted by Crippen LogP contribution is 2.31. The lowest BCUT2D eigenvalue weighted by Gasteiger charge is -2.03. The predicted molar refractivity (Wildman–Crippen MR) is 100 cm³/mol.